The number of hydrogen-bond acceptors (Lipinski definition) is 3. The monoisotopic (exact) mass is 192 g/mol. The van der Waals surface area contributed by atoms with Gasteiger partial charge >= 0.3 is 11.9 Å². The van der Waals surface area contributed by atoms with E-state index in [0.717, 1.165) is 0 Å². The number of carbonyl (C=O) groups is 2. The van der Waals surface area contributed by atoms with Crippen molar-refractivity contribution in [3.63, 3.8) is 0 Å². The lowest BCUT2D eigenvalue weighted by Crippen LogP contribution is -2.18. The highest BCUT2D eigenvalue weighted by Gasteiger charge is 2.16. The smallest absolute Gasteiger partial charge is 0.316 e. The van der Waals surface area contributed by atoms with Crippen molar-refractivity contribution in [1.82, 2.24) is 0 Å². The lowest BCUT2D eigenvalue weighted by atomic mass is 10.1. The second kappa shape index (κ2) is 6.00. The van der Waals surface area contributed by atoms with Gasteiger partial charge in [0.25, 0.3) is 0 Å². The average Bonchev–Trinajstić information content (AvgIpc) is 2.04. The van der Waals surface area contributed by atoms with Crippen LogP contribution in [0.2, 0.25) is 0 Å². The van der Waals surface area contributed by atoms with Gasteiger partial charge in [-0.05, 0) is 6.42 Å². The molecule has 0 aliphatic carbocycles. The molecule has 4 heteroatoms. The van der Waals surface area contributed by atoms with Gasteiger partial charge in [-0.15, -0.1) is 11.6 Å². The summed E-state index contributed by atoms with van der Waals surface area (Å²) in [5.74, 6) is -0.863. The van der Waals surface area contributed by atoms with Gasteiger partial charge in [0.05, 0.1) is 5.92 Å². The van der Waals surface area contributed by atoms with Crippen LogP contribution < -0.4 is 0 Å². The third-order valence-corrected chi connectivity index (χ3v) is 1.67. The molecule has 0 aliphatic heterocycles. The van der Waals surface area contributed by atoms with E-state index in [9.17, 15) is 9.59 Å². The summed E-state index contributed by atoms with van der Waals surface area (Å²) in [6.45, 7) is 3.33. The van der Waals surface area contributed by atoms with Crippen LogP contribution in [0.25, 0.3) is 0 Å². The predicted octanol–water partition coefficient (Wildman–Crippen LogP) is 1.73. The van der Waals surface area contributed by atoms with Crippen molar-refractivity contribution < 1.29 is 14.3 Å². The van der Waals surface area contributed by atoms with Crippen LogP contribution in [-0.2, 0) is 14.3 Å². The molecule has 1 unspecified atom stereocenters. The van der Waals surface area contributed by atoms with Crippen LogP contribution in [0.4, 0.5) is 0 Å². The lowest BCUT2D eigenvalue weighted by Gasteiger charge is -2.06. The Morgan fingerprint density at radius 3 is 2.50 bits per heavy atom. The molecule has 0 aromatic heterocycles. The number of rotatable bonds is 4. The summed E-state index contributed by atoms with van der Waals surface area (Å²) >= 11 is 5.42. The van der Waals surface area contributed by atoms with E-state index in [4.69, 9.17) is 11.6 Å². The minimum Gasteiger partial charge on any atom is -0.393 e. The molecule has 0 heterocycles. The Labute approximate surface area is 77.0 Å². The molecule has 1 atom stereocenters. The van der Waals surface area contributed by atoms with Crippen molar-refractivity contribution in [1.29, 1.82) is 0 Å². The highest BCUT2D eigenvalue weighted by Crippen LogP contribution is 2.06. The second-order valence-electron chi connectivity index (χ2n) is 2.53. The Balaban J connectivity index is 3.78. The molecule has 0 aliphatic rings. The van der Waals surface area contributed by atoms with Crippen LogP contribution in [0, 0.1) is 5.92 Å². The van der Waals surface area contributed by atoms with Crippen molar-refractivity contribution in [2.75, 3.05) is 5.88 Å². The van der Waals surface area contributed by atoms with E-state index >= 15 is 0 Å². The maximum absolute atomic E-state index is 11.0. The zero-order valence-corrected chi connectivity index (χ0v) is 8.06. The predicted molar refractivity (Wildman–Crippen MR) is 45.9 cm³/mol. The SMILES string of the molecule is CCC(=O)OC(=O)C(C)CCCl. The molecule has 12 heavy (non-hydrogen) atoms. The van der Waals surface area contributed by atoms with Crippen molar-refractivity contribution in [2.24, 2.45) is 5.92 Å². The van der Waals surface area contributed by atoms with E-state index in [-0.39, 0.29) is 12.3 Å². The zero-order valence-electron chi connectivity index (χ0n) is 7.30. The van der Waals surface area contributed by atoms with Gasteiger partial charge in [-0.25, -0.2) is 0 Å². The normalized spacial score (nSPS) is 12.2. The maximum Gasteiger partial charge on any atom is 0.316 e. The van der Waals surface area contributed by atoms with Crippen LogP contribution in [0.1, 0.15) is 26.7 Å². The van der Waals surface area contributed by atoms with E-state index in [1.807, 2.05) is 0 Å². The Hall–Kier alpha value is -0.570. The first-order valence-corrected chi connectivity index (χ1v) is 4.45. The van der Waals surface area contributed by atoms with E-state index in [1.165, 1.54) is 0 Å². The molecular formula is C8H13ClO3. The number of halogens is 1. The standard InChI is InChI=1S/C8H13ClO3/c1-3-7(10)12-8(11)6(2)4-5-9/h6H,3-5H2,1-2H3. The van der Waals surface area contributed by atoms with E-state index in [0.29, 0.717) is 12.3 Å². The summed E-state index contributed by atoms with van der Waals surface area (Å²) < 4.78 is 4.48. The number of ether oxygens (including phenoxy) is 1. The number of carbonyl (C=O) groups excluding carboxylic acids is 2. The Morgan fingerprint density at radius 2 is 2.08 bits per heavy atom. The molecule has 0 bridgehead atoms. The minimum absolute atomic E-state index is 0.222. The van der Waals surface area contributed by atoms with Crippen molar-refractivity contribution in [3.8, 4) is 0 Å². The Kier molecular flexibility index (Phi) is 5.72. The van der Waals surface area contributed by atoms with Crippen LogP contribution in [0.3, 0.4) is 0 Å². The summed E-state index contributed by atoms with van der Waals surface area (Å²) in [5, 5.41) is 0. The number of alkyl halides is 1. The lowest BCUT2D eigenvalue weighted by molar-refractivity contribution is -0.162. The Morgan fingerprint density at radius 1 is 1.50 bits per heavy atom. The largest absolute Gasteiger partial charge is 0.393 e. The second-order valence-corrected chi connectivity index (χ2v) is 2.90. The summed E-state index contributed by atoms with van der Waals surface area (Å²) in [6.07, 6.45) is 0.761. The van der Waals surface area contributed by atoms with Crippen LogP contribution in [-0.4, -0.2) is 17.8 Å². The Bertz CT molecular complexity index is 168. The van der Waals surface area contributed by atoms with Gasteiger partial charge in [-0.3, -0.25) is 9.59 Å². The molecule has 0 fully saturated rings. The first-order valence-electron chi connectivity index (χ1n) is 3.92. The molecule has 0 N–H and O–H groups in total. The van der Waals surface area contributed by atoms with Gasteiger partial charge in [0.1, 0.15) is 0 Å². The third kappa shape index (κ3) is 4.34. The minimum atomic E-state index is -0.485. The van der Waals surface area contributed by atoms with Crippen LogP contribution in [0.5, 0.6) is 0 Å². The average molecular weight is 193 g/mol. The fourth-order valence-corrected chi connectivity index (χ4v) is 0.894. The molecular weight excluding hydrogens is 180 g/mol. The summed E-state index contributed by atoms with van der Waals surface area (Å²) in [4.78, 5) is 21.7. The van der Waals surface area contributed by atoms with Gasteiger partial charge in [0.15, 0.2) is 0 Å². The molecule has 0 radical (unpaired) electrons. The molecule has 0 saturated carbocycles. The highest BCUT2D eigenvalue weighted by molar-refractivity contribution is 6.17. The van der Waals surface area contributed by atoms with E-state index in [1.54, 1.807) is 13.8 Å². The third-order valence-electron chi connectivity index (χ3n) is 1.45. The summed E-state index contributed by atoms with van der Waals surface area (Å²) in [6, 6.07) is 0. The number of esters is 2. The van der Waals surface area contributed by atoms with Gasteiger partial charge < -0.3 is 4.74 Å². The van der Waals surface area contributed by atoms with Crippen molar-refractivity contribution >= 4 is 23.5 Å². The van der Waals surface area contributed by atoms with E-state index in [2.05, 4.69) is 4.74 Å². The molecule has 0 amide bonds. The fraction of sp³-hybridized carbons (Fsp3) is 0.750. The first-order chi connectivity index (χ1) is 5.61. The molecule has 3 nitrogen and oxygen atoms in total. The molecule has 0 saturated heterocycles. The van der Waals surface area contributed by atoms with Gasteiger partial charge in [-0.1, -0.05) is 13.8 Å². The summed E-state index contributed by atoms with van der Waals surface area (Å²) in [5.41, 5.74) is 0. The molecule has 0 rings (SSSR count). The molecule has 70 valence electrons. The molecule has 0 aromatic carbocycles. The highest BCUT2D eigenvalue weighted by atomic mass is 35.5. The van der Waals surface area contributed by atoms with Crippen molar-refractivity contribution in [3.05, 3.63) is 0 Å². The van der Waals surface area contributed by atoms with Gasteiger partial charge in [-0.2, -0.15) is 0 Å². The quantitative estimate of drug-likeness (QED) is 0.387. The zero-order chi connectivity index (χ0) is 9.56. The van der Waals surface area contributed by atoms with Crippen LogP contribution in [0.15, 0.2) is 0 Å². The van der Waals surface area contributed by atoms with Gasteiger partial charge in [0, 0.05) is 12.3 Å². The topological polar surface area (TPSA) is 43.4 Å². The molecule has 0 aromatic rings. The van der Waals surface area contributed by atoms with Crippen LogP contribution >= 0.6 is 11.6 Å². The fourth-order valence-electron chi connectivity index (χ4n) is 0.566. The summed E-state index contributed by atoms with van der Waals surface area (Å²) in [7, 11) is 0. The molecule has 0 spiro atoms. The maximum atomic E-state index is 11.0. The van der Waals surface area contributed by atoms with Gasteiger partial charge in [0.2, 0.25) is 0 Å². The van der Waals surface area contributed by atoms with E-state index < -0.39 is 11.9 Å². The number of hydrogen-bond donors (Lipinski definition) is 0. The first kappa shape index (κ1) is 11.4. The van der Waals surface area contributed by atoms with Crippen molar-refractivity contribution in [2.45, 2.75) is 26.7 Å².